The summed E-state index contributed by atoms with van der Waals surface area (Å²) in [6, 6.07) is 0.555. The predicted molar refractivity (Wildman–Crippen MR) is 122 cm³/mol. The number of ketones is 1. The van der Waals surface area contributed by atoms with Crippen LogP contribution in [0.15, 0.2) is 12.2 Å². The highest BCUT2D eigenvalue weighted by Crippen LogP contribution is 2.20. The van der Waals surface area contributed by atoms with Crippen molar-refractivity contribution in [2.75, 3.05) is 38.1 Å². The van der Waals surface area contributed by atoms with Crippen molar-refractivity contribution in [1.82, 2.24) is 5.32 Å². The molecular weight excluding hydrogens is 378 g/mol. The van der Waals surface area contributed by atoms with Gasteiger partial charge in [0.05, 0.1) is 6.61 Å². The first kappa shape index (κ1) is 27.0. The van der Waals surface area contributed by atoms with Crippen LogP contribution in [0.4, 0.5) is 0 Å². The molecule has 0 saturated heterocycles. The van der Waals surface area contributed by atoms with Crippen LogP contribution in [0, 0.1) is 5.92 Å². The first-order chi connectivity index (χ1) is 13.0. The zero-order valence-electron chi connectivity index (χ0n) is 17.8. The smallest absolute Gasteiger partial charge is 0.132 e. The van der Waals surface area contributed by atoms with Crippen LogP contribution in [0.3, 0.4) is 0 Å². The molecular formula is C21H41NO3S2. The Bertz CT molecular complexity index is 363. The number of carbonyl (C=O) groups is 1. The average Bonchev–Trinajstić information content (AvgIpc) is 2.61. The maximum Gasteiger partial charge on any atom is 0.132 e. The second kappa shape index (κ2) is 20.7. The topological polar surface area (TPSA) is 47.6 Å². The molecule has 0 fully saturated rings. The predicted octanol–water partition coefficient (Wildman–Crippen LogP) is 5.48. The van der Waals surface area contributed by atoms with E-state index in [4.69, 9.17) is 9.47 Å². The summed E-state index contributed by atoms with van der Waals surface area (Å²) in [5, 5.41) is 3.39. The molecule has 0 aromatic heterocycles. The quantitative estimate of drug-likeness (QED) is 0.122. The van der Waals surface area contributed by atoms with E-state index in [0.717, 1.165) is 57.1 Å². The van der Waals surface area contributed by atoms with Crippen molar-refractivity contribution in [3.05, 3.63) is 12.2 Å². The lowest BCUT2D eigenvalue weighted by atomic mass is 10.1. The molecule has 27 heavy (non-hydrogen) atoms. The van der Waals surface area contributed by atoms with Gasteiger partial charge in [-0.3, -0.25) is 4.79 Å². The minimum atomic E-state index is 0.372. The Kier molecular flexibility index (Phi) is 20.7. The normalized spacial score (nSPS) is 11.9. The molecule has 160 valence electrons. The highest BCUT2D eigenvalue weighted by molar-refractivity contribution is 8.76. The third-order valence-electron chi connectivity index (χ3n) is 3.68. The monoisotopic (exact) mass is 419 g/mol. The molecule has 0 spiro atoms. The molecule has 0 aromatic carbocycles. The number of ether oxygens (including phenoxy) is 2. The van der Waals surface area contributed by atoms with Gasteiger partial charge in [-0.2, -0.15) is 0 Å². The molecule has 0 aromatic rings. The van der Waals surface area contributed by atoms with Crippen LogP contribution in [0.2, 0.25) is 0 Å². The number of unbranched alkanes of at least 4 members (excludes halogenated alkanes) is 2. The van der Waals surface area contributed by atoms with E-state index in [1.54, 1.807) is 10.8 Å². The summed E-state index contributed by atoms with van der Waals surface area (Å²) >= 11 is 0. The molecule has 0 aliphatic heterocycles. The summed E-state index contributed by atoms with van der Waals surface area (Å²) in [6.45, 7) is 11.8. The van der Waals surface area contributed by atoms with Crippen molar-refractivity contribution in [2.24, 2.45) is 5.92 Å². The largest absolute Gasteiger partial charge is 0.377 e. The molecule has 0 aliphatic carbocycles. The van der Waals surface area contributed by atoms with Gasteiger partial charge in [0.15, 0.2) is 0 Å². The molecule has 1 N–H and O–H groups in total. The summed E-state index contributed by atoms with van der Waals surface area (Å²) in [4.78, 5) is 11.8. The number of allylic oxidation sites excluding steroid dienone is 1. The van der Waals surface area contributed by atoms with Gasteiger partial charge in [-0.1, -0.05) is 61.4 Å². The van der Waals surface area contributed by atoms with Crippen LogP contribution in [-0.4, -0.2) is 49.9 Å². The third kappa shape index (κ3) is 24.0. The molecule has 0 saturated carbocycles. The first-order valence-electron chi connectivity index (χ1n) is 10.3. The van der Waals surface area contributed by atoms with Crippen molar-refractivity contribution in [2.45, 2.75) is 72.3 Å². The lowest BCUT2D eigenvalue weighted by Gasteiger charge is -2.07. The number of rotatable bonds is 20. The number of carbonyl (C=O) groups excluding carboxylic acids is 1. The van der Waals surface area contributed by atoms with Crippen LogP contribution in [0.1, 0.15) is 66.2 Å². The standard InChI is InChI=1S/C21H41NO3S2/c1-19(2)10-9-16-24-14-7-5-11-21(23)12-6-8-15-25-18-27-26-17-13-22-20(3)4/h9-10,19-20,22H,5-8,11-18H2,1-4H3/b10-9+. The van der Waals surface area contributed by atoms with Crippen LogP contribution >= 0.6 is 21.6 Å². The van der Waals surface area contributed by atoms with E-state index < -0.39 is 0 Å². The van der Waals surface area contributed by atoms with E-state index in [1.165, 1.54) is 0 Å². The number of Topliss-reactive ketones (excluding diaryl/α,β-unsaturated/α-hetero) is 1. The molecule has 0 aliphatic rings. The van der Waals surface area contributed by atoms with Crippen LogP contribution in [0.5, 0.6) is 0 Å². The Balaban J connectivity index is 3.21. The van der Waals surface area contributed by atoms with Gasteiger partial charge in [0, 0.05) is 44.4 Å². The second-order valence-electron chi connectivity index (χ2n) is 7.27. The molecule has 0 unspecified atom stereocenters. The Morgan fingerprint density at radius 3 is 2.26 bits per heavy atom. The fourth-order valence-electron chi connectivity index (χ4n) is 2.23. The third-order valence-corrected chi connectivity index (χ3v) is 5.77. The molecule has 0 radical (unpaired) electrons. The summed E-state index contributed by atoms with van der Waals surface area (Å²) in [5.74, 6) is 2.77. The van der Waals surface area contributed by atoms with Crippen molar-refractivity contribution in [3.63, 3.8) is 0 Å². The zero-order valence-corrected chi connectivity index (χ0v) is 19.5. The van der Waals surface area contributed by atoms with E-state index in [1.807, 2.05) is 10.8 Å². The lowest BCUT2D eigenvalue weighted by molar-refractivity contribution is -0.119. The summed E-state index contributed by atoms with van der Waals surface area (Å²) in [7, 11) is 3.61. The van der Waals surface area contributed by atoms with E-state index >= 15 is 0 Å². The SMILES string of the molecule is CC(C)/C=C/COCCCCC(=O)CCCCOCSSCCNC(C)C. The molecule has 0 atom stereocenters. The van der Waals surface area contributed by atoms with Crippen molar-refractivity contribution in [3.8, 4) is 0 Å². The van der Waals surface area contributed by atoms with Gasteiger partial charge in [-0.25, -0.2) is 0 Å². The van der Waals surface area contributed by atoms with Gasteiger partial charge < -0.3 is 14.8 Å². The summed E-state index contributed by atoms with van der Waals surface area (Å²) < 4.78 is 11.1. The number of hydrogen-bond donors (Lipinski definition) is 1. The highest BCUT2D eigenvalue weighted by atomic mass is 33.1. The Labute approximate surface area is 175 Å². The van der Waals surface area contributed by atoms with Crippen molar-refractivity contribution in [1.29, 1.82) is 0 Å². The van der Waals surface area contributed by atoms with Gasteiger partial charge >= 0.3 is 0 Å². The van der Waals surface area contributed by atoms with Crippen molar-refractivity contribution < 1.29 is 14.3 Å². The second-order valence-corrected chi connectivity index (χ2v) is 9.80. The van der Waals surface area contributed by atoms with Crippen molar-refractivity contribution >= 4 is 27.4 Å². The molecule has 0 amide bonds. The zero-order chi connectivity index (χ0) is 20.2. The highest BCUT2D eigenvalue weighted by Gasteiger charge is 2.02. The maximum absolute atomic E-state index is 11.8. The minimum absolute atomic E-state index is 0.372. The van der Waals surface area contributed by atoms with Gasteiger partial charge in [0.2, 0.25) is 0 Å². The maximum atomic E-state index is 11.8. The Hall–Kier alpha value is -0.0100. The van der Waals surface area contributed by atoms with Gasteiger partial charge in [-0.15, -0.1) is 0 Å². The van der Waals surface area contributed by atoms with E-state index in [-0.39, 0.29) is 0 Å². The van der Waals surface area contributed by atoms with E-state index in [9.17, 15) is 4.79 Å². The van der Waals surface area contributed by atoms with Gasteiger partial charge in [-0.05, 0) is 31.6 Å². The van der Waals surface area contributed by atoms with Crippen LogP contribution < -0.4 is 5.32 Å². The molecule has 0 rings (SSSR count). The number of hydrogen-bond acceptors (Lipinski definition) is 6. The molecule has 4 nitrogen and oxygen atoms in total. The lowest BCUT2D eigenvalue weighted by Crippen LogP contribution is -2.24. The summed E-state index contributed by atoms with van der Waals surface area (Å²) in [5.41, 5.74) is 0. The molecule has 0 heterocycles. The van der Waals surface area contributed by atoms with Gasteiger partial charge in [0.25, 0.3) is 0 Å². The molecule has 6 heteroatoms. The van der Waals surface area contributed by atoms with Crippen LogP contribution in [-0.2, 0) is 14.3 Å². The Morgan fingerprint density at radius 2 is 1.63 bits per heavy atom. The summed E-state index contributed by atoms with van der Waals surface area (Å²) in [6.07, 6.45) is 9.39. The minimum Gasteiger partial charge on any atom is -0.377 e. The van der Waals surface area contributed by atoms with E-state index in [0.29, 0.717) is 37.2 Å². The average molecular weight is 420 g/mol. The van der Waals surface area contributed by atoms with E-state index in [2.05, 4.69) is 45.2 Å². The Morgan fingerprint density at radius 1 is 0.963 bits per heavy atom. The van der Waals surface area contributed by atoms with Crippen LogP contribution in [0.25, 0.3) is 0 Å². The van der Waals surface area contributed by atoms with Gasteiger partial charge in [0.1, 0.15) is 11.7 Å². The first-order valence-corrected chi connectivity index (χ1v) is 12.8. The molecule has 0 bridgehead atoms. The fraction of sp³-hybridized carbons (Fsp3) is 0.857. The fourth-order valence-corrected chi connectivity index (χ4v) is 3.82. The number of nitrogens with one attached hydrogen (secondary N) is 1.